The fourth-order valence-electron chi connectivity index (χ4n) is 1.23. The van der Waals surface area contributed by atoms with Gasteiger partial charge in [0.2, 0.25) is 0 Å². The summed E-state index contributed by atoms with van der Waals surface area (Å²) in [5.41, 5.74) is 0. The predicted octanol–water partition coefficient (Wildman–Crippen LogP) is 1.26. The van der Waals surface area contributed by atoms with E-state index in [1.807, 2.05) is 0 Å². The number of aliphatic hydroxyl groups excluding tert-OH is 1. The van der Waals surface area contributed by atoms with Crippen LogP contribution in [0.4, 0.5) is 0 Å². The van der Waals surface area contributed by atoms with Crippen LogP contribution in [-0.2, 0) is 9.47 Å². The van der Waals surface area contributed by atoms with Gasteiger partial charge in [-0.25, -0.2) is 0 Å². The van der Waals surface area contributed by atoms with E-state index in [9.17, 15) is 5.11 Å². The van der Waals surface area contributed by atoms with E-state index in [2.05, 4.69) is 11.8 Å². The van der Waals surface area contributed by atoms with Crippen molar-refractivity contribution in [2.24, 2.45) is 0 Å². The molecule has 0 saturated carbocycles. The van der Waals surface area contributed by atoms with E-state index >= 15 is 0 Å². The van der Waals surface area contributed by atoms with Crippen molar-refractivity contribution in [3.8, 4) is 11.8 Å². The number of aliphatic hydroxyl groups is 1. The third-order valence-corrected chi connectivity index (χ3v) is 1.90. The molecule has 2 atom stereocenters. The highest BCUT2D eigenvalue weighted by Crippen LogP contribution is 2.15. The summed E-state index contributed by atoms with van der Waals surface area (Å²) < 4.78 is 10.5. The van der Waals surface area contributed by atoms with E-state index in [-0.39, 0.29) is 6.29 Å². The second-order valence-corrected chi connectivity index (χ2v) is 3.02. The highest BCUT2D eigenvalue weighted by atomic mass is 16.7. The Labute approximate surface area is 79.0 Å². The van der Waals surface area contributed by atoms with Crippen LogP contribution in [0, 0.1) is 11.8 Å². The molecule has 13 heavy (non-hydrogen) atoms. The molecule has 0 bridgehead atoms. The van der Waals surface area contributed by atoms with Crippen LogP contribution in [0.25, 0.3) is 0 Å². The fraction of sp³-hybridized carbons (Fsp3) is 0.800. The van der Waals surface area contributed by atoms with Gasteiger partial charge in [-0.3, -0.25) is 0 Å². The molecule has 1 rings (SSSR count). The molecule has 0 aliphatic carbocycles. The molecule has 0 amide bonds. The van der Waals surface area contributed by atoms with Crippen LogP contribution in [0.15, 0.2) is 0 Å². The SMILES string of the molecule is CC#CCC(O)OC1CCCCO1. The van der Waals surface area contributed by atoms with Crippen LogP contribution < -0.4 is 0 Å². The Bertz CT molecular complexity index is 186. The summed E-state index contributed by atoms with van der Waals surface area (Å²) in [4.78, 5) is 0. The van der Waals surface area contributed by atoms with Gasteiger partial charge in [0.05, 0.1) is 6.42 Å². The minimum atomic E-state index is -0.810. The molecular formula is C10H16O3. The second kappa shape index (κ2) is 5.98. The van der Waals surface area contributed by atoms with Gasteiger partial charge in [-0.1, -0.05) is 5.92 Å². The zero-order chi connectivity index (χ0) is 9.52. The maximum absolute atomic E-state index is 9.33. The average molecular weight is 184 g/mol. The summed E-state index contributed by atoms with van der Waals surface area (Å²) in [6.45, 7) is 2.47. The monoisotopic (exact) mass is 184 g/mol. The van der Waals surface area contributed by atoms with Crippen molar-refractivity contribution in [3.05, 3.63) is 0 Å². The van der Waals surface area contributed by atoms with Gasteiger partial charge in [0.1, 0.15) is 0 Å². The summed E-state index contributed by atoms with van der Waals surface area (Å²) in [6.07, 6.45) is 2.38. The molecule has 0 aromatic carbocycles. The first-order valence-electron chi connectivity index (χ1n) is 4.67. The predicted molar refractivity (Wildman–Crippen MR) is 48.7 cm³/mol. The minimum absolute atomic E-state index is 0.234. The highest BCUT2D eigenvalue weighted by molar-refractivity contribution is 4.95. The zero-order valence-corrected chi connectivity index (χ0v) is 7.95. The molecule has 1 aliphatic rings. The number of hydrogen-bond donors (Lipinski definition) is 1. The normalized spacial score (nSPS) is 24.6. The van der Waals surface area contributed by atoms with E-state index in [1.165, 1.54) is 0 Å². The number of rotatable bonds is 3. The summed E-state index contributed by atoms with van der Waals surface area (Å²) in [5, 5.41) is 9.33. The van der Waals surface area contributed by atoms with E-state index < -0.39 is 6.29 Å². The van der Waals surface area contributed by atoms with Gasteiger partial charge in [0.25, 0.3) is 0 Å². The Morgan fingerprint density at radius 2 is 2.46 bits per heavy atom. The molecular weight excluding hydrogens is 168 g/mol. The lowest BCUT2D eigenvalue weighted by atomic mass is 10.2. The molecule has 1 saturated heterocycles. The minimum Gasteiger partial charge on any atom is -0.367 e. The molecule has 1 fully saturated rings. The summed E-state index contributed by atoms with van der Waals surface area (Å²) in [5.74, 6) is 5.46. The van der Waals surface area contributed by atoms with Gasteiger partial charge in [0, 0.05) is 6.61 Å². The molecule has 74 valence electrons. The summed E-state index contributed by atoms with van der Waals surface area (Å²) >= 11 is 0. The first-order chi connectivity index (χ1) is 6.33. The lowest BCUT2D eigenvalue weighted by molar-refractivity contribution is -0.237. The molecule has 1 aliphatic heterocycles. The molecule has 2 unspecified atom stereocenters. The number of ether oxygens (including phenoxy) is 2. The zero-order valence-electron chi connectivity index (χ0n) is 7.95. The molecule has 1 N–H and O–H groups in total. The average Bonchev–Trinajstić information content (AvgIpc) is 2.16. The van der Waals surface area contributed by atoms with Crippen molar-refractivity contribution < 1.29 is 14.6 Å². The molecule has 3 nitrogen and oxygen atoms in total. The second-order valence-electron chi connectivity index (χ2n) is 3.02. The molecule has 3 heteroatoms. The van der Waals surface area contributed by atoms with Gasteiger partial charge in [-0.2, -0.15) is 0 Å². The van der Waals surface area contributed by atoms with Crippen LogP contribution in [0.5, 0.6) is 0 Å². The third-order valence-electron chi connectivity index (χ3n) is 1.90. The summed E-state index contributed by atoms with van der Waals surface area (Å²) in [7, 11) is 0. The molecule has 0 radical (unpaired) electrons. The Morgan fingerprint density at radius 3 is 3.08 bits per heavy atom. The largest absolute Gasteiger partial charge is 0.367 e. The first kappa shape index (κ1) is 10.5. The fourth-order valence-corrected chi connectivity index (χ4v) is 1.23. The van der Waals surface area contributed by atoms with Crippen molar-refractivity contribution in [1.29, 1.82) is 0 Å². The third kappa shape index (κ3) is 4.28. The van der Waals surface area contributed by atoms with Crippen molar-refractivity contribution in [2.75, 3.05) is 6.61 Å². The van der Waals surface area contributed by atoms with Crippen molar-refractivity contribution in [2.45, 2.75) is 45.2 Å². The maximum atomic E-state index is 9.33. The van der Waals surface area contributed by atoms with Crippen molar-refractivity contribution in [1.82, 2.24) is 0 Å². The first-order valence-corrected chi connectivity index (χ1v) is 4.67. The Hall–Kier alpha value is -0.560. The Morgan fingerprint density at radius 1 is 1.62 bits per heavy atom. The van der Waals surface area contributed by atoms with Crippen LogP contribution in [-0.4, -0.2) is 24.3 Å². The van der Waals surface area contributed by atoms with Crippen LogP contribution in [0.2, 0.25) is 0 Å². The molecule has 0 aromatic rings. The van der Waals surface area contributed by atoms with Crippen LogP contribution in [0.1, 0.15) is 32.6 Å². The Balaban J connectivity index is 2.16. The van der Waals surface area contributed by atoms with Gasteiger partial charge in [-0.15, -0.1) is 5.92 Å². The standard InChI is InChI=1S/C10H16O3/c1-2-3-6-9(11)13-10-7-4-5-8-12-10/h9-11H,4-8H2,1H3. The van der Waals surface area contributed by atoms with E-state index in [4.69, 9.17) is 9.47 Å². The maximum Gasteiger partial charge on any atom is 0.168 e. The van der Waals surface area contributed by atoms with Gasteiger partial charge in [-0.05, 0) is 26.2 Å². The Kier molecular flexibility index (Phi) is 4.84. The molecule has 1 heterocycles. The lowest BCUT2D eigenvalue weighted by Crippen LogP contribution is -2.27. The molecule has 0 spiro atoms. The van der Waals surface area contributed by atoms with E-state index in [0.717, 1.165) is 25.9 Å². The summed E-state index contributed by atoms with van der Waals surface area (Å²) in [6, 6.07) is 0. The number of hydrogen-bond acceptors (Lipinski definition) is 3. The van der Waals surface area contributed by atoms with Gasteiger partial charge in [0.15, 0.2) is 12.6 Å². The molecule has 0 aromatic heterocycles. The van der Waals surface area contributed by atoms with Crippen LogP contribution >= 0.6 is 0 Å². The van der Waals surface area contributed by atoms with Crippen molar-refractivity contribution >= 4 is 0 Å². The van der Waals surface area contributed by atoms with E-state index in [0.29, 0.717) is 6.42 Å². The smallest absolute Gasteiger partial charge is 0.168 e. The highest BCUT2D eigenvalue weighted by Gasteiger charge is 2.17. The lowest BCUT2D eigenvalue weighted by Gasteiger charge is -2.24. The van der Waals surface area contributed by atoms with Gasteiger partial charge >= 0.3 is 0 Å². The van der Waals surface area contributed by atoms with E-state index in [1.54, 1.807) is 6.92 Å². The quantitative estimate of drug-likeness (QED) is 0.530. The topological polar surface area (TPSA) is 38.7 Å². The van der Waals surface area contributed by atoms with Gasteiger partial charge < -0.3 is 14.6 Å². The van der Waals surface area contributed by atoms with Crippen LogP contribution in [0.3, 0.4) is 0 Å². The van der Waals surface area contributed by atoms with Crippen molar-refractivity contribution in [3.63, 3.8) is 0 Å².